The van der Waals surface area contributed by atoms with E-state index in [2.05, 4.69) is 23.5 Å². The van der Waals surface area contributed by atoms with Gasteiger partial charge in [-0.25, -0.2) is 13.1 Å². The van der Waals surface area contributed by atoms with Gasteiger partial charge < -0.3 is 10.6 Å². The van der Waals surface area contributed by atoms with Crippen LogP contribution in [0.2, 0.25) is 0 Å². The summed E-state index contributed by atoms with van der Waals surface area (Å²) in [5, 5.41) is 0. The van der Waals surface area contributed by atoms with E-state index in [1.165, 1.54) is 6.07 Å². The molecule has 21 heavy (non-hydrogen) atoms. The van der Waals surface area contributed by atoms with Crippen molar-refractivity contribution in [2.45, 2.75) is 45.1 Å². The number of anilines is 1. The topological polar surface area (TPSA) is 75.4 Å². The lowest BCUT2D eigenvalue weighted by molar-refractivity contribution is 0.271. The van der Waals surface area contributed by atoms with Crippen molar-refractivity contribution in [3.8, 4) is 0 Å². The molecule has 0 aliphatic carbocycles. The molecular formula is C15H27N3O2S. The van der Waals surface area contributed by atoms with Crippen molar-refractivity contribution in [2.75, 3.05) is 25.9 Å². The summed E-state index contributed by atoms with van der Waals surface area (Å²) in [6, 6.07) is 3.64. The Morgan fingerprint density at radius 2 is 1.90 bits per heavy atom. The Balaban J connectivity index is 2.66. The molecule has 0 saturated heterocycles. The monoisotopic (exact) mass is 313 g/mol. The Morgan fingerprint density at radius 3 is 2.43 bits per heavy atom. The van der Waals surface area contributed by atoms with E-state index in [-0.39, 0.29) is 4.90 Å². The van der Waals surface area contributed by atoms with Crippen LogP contribution >= 0.6 is 0 Å². The van der Waals surface area contributed by atoms with Gasteiger partial charge in [0.05, 0.1) is 4.90 Å². The second kappa shape index (κ2) is 7.24. The summed E-state index contributed by atoms with van der Waals surface area (Å²) in [7, 11) is -1.46. The minimum atomic E-state index is -3.49. The number of aryl methyl sites for hydroxylation is 1. The molecule has 0 aliphatic rings. The standard InChI is InChI=1S/C15H27N3O2S/c1-11(2)18(5)8-6-7-17-21(19,20)14-9-12(3)13(4)15(16)10-14/h9-11,17H,6-8,16H2,1-5H3. The Labute approximate surface area is 128 Å². The second-order valence-corrected chi connectivity index (χ2v) is 7.55. The summed E-state index contributed by atoms with van der Waals surface area (Å²) in [5.74, 6) is 0. The smallest absolute Gasteiger partial charge is 0.240 e. The third kappa shape index (κ3) is 4.98. The normalized spacial score (nSPS) is 12.3. The van der Waals surface area contributed by atoms with Crippen LogP contribution < -0.4 is 10.5 Å². The number of nitrogens with one attached hydrogen (secondary N) is 1. The first-order chi connectivity index (χ1) is 9.65. The predicted molar refractivity (Wildman–Crippen MR) is 87.9 cm³/mol. The molecule has 6 heteroatoms. The molecule has 0 saturated carbocycles. The van der Waals surface area contributed by atoms with Crippen molar-refractivity contribution >= 4 is 15.7 Å². The van der Waals surface area contributed by atoms with Gasteiger partial charge in [-0.15, -0.1) is 0 Å². The minimum Gasteiger partial charge on any atom is -0.398 e. The number of hydrogen-bond donors (Lipinski definition) is 2. The van der Waals surface area contributed by atoms with Gasteiger partial charge in [0.15, 0.2) is 0 Å². The molecule has 0 aliphatic heterocycles. The molecule has 0 radical (unpaired) electrons. The number of nitrogens with zero attached hydrogens (tertiary/aromatic N) is 1. The largest absolute Gasteiger partial charge is 0.398 e. The van der Waals surface area contributed by atoms with E-state index in [9.17, 15) is 8.42 Å². The van der Waals surface area contributed by atoms with Gasteiger partial charge in [-0.3, -0.25) is 0 Å². The first kappa shape index (κ1) is 17.9. The average Bonchev–Trinajstić information content (AvgIpc) is 2.39. The van der Waals surface area contributed by atoms with Crippen LogP contribution in [0.25, 0.3) is 0 Å². The lowest BCUT2D eigenvalue weighted by Crippen LogP contribution is -2.31. The van der Waals surface area contributed by atoms with E-state index < -0.39 is 10.0 Å². The van der Waals surface area contributed by atoms with E-state index >= 15 is 0 Å². The number of benzene rings is 1. The zero-order valence-electron chi connectivity index (χ0n) is 13.6. The van der Waals surface area contributed by atoms with E-state index in [0.29, 0.717) is 18.3 Å². The number of nitrogens with two attached hydrogens (primary N) is 1. The second-order valence-electron chi connectivity index (χ2n) is 5.78. The molecule has 1 rings (SSSR count). The van der Waals surface area contributed by atoms with Crippen LogP contribution in [-0.2, 0) is 10.0 Å². The van der Waals surface area contributed by atoms with E-state index in [4.69, 9.17) is 5.73 Å². The maximum Gasteiger partial charge on any atom is 0.240 e. The van der Waals surface area contributed by atoms with Gasteiger partial charge in [0, 0.05) is 18.3 Å². The Kier molecular flexibility index (Phi) is 6.19. The van der Waals surface area contributed by atoms with Crippen LogP contribution in [0.15, 0.2) is 17.0 Å². The number of hydrogen-bond acceptors (Lipinski definition) is 4. The highest BCUT2D eigenvalue weighted by Gasteiger charge is 2.15. The van der Waals surface area contributed by atoms with Crippen molar-refractivity contribution in [1.29, 1.82) is 0 Å². The van der Waals surface area contributed by atoms with E-state index in [1.807, 2.05) is 20.9 Å². The van der Waals surface area contributed by atoms with Crippen LogP contribution in [0.3, 0.4) is 0 Å². The van der Waals surface area contributed by atoms with Crippen molar-refractivity contribution in [2.24, 2.45) is 0 Å². The van der Waals surface area contributed by atoms with Crippen molar-refractivity contribution in [1.82, 2.24) is 9.62 Å². The third-order valence-corrected chi connectivity index (χ3v) is 5.29. The molecule has 1 aromatic carbocycles. The molecule has 5 nitrogen and oxygen atoms in total. The highest BCUT2D eigenvalue weighted by Crippen LogP contribution is 2.21. The molecule has 0 fully saturated rings. The molecule has 0 bridgehead atoms. The molecule has 0 amide bonds. The molecule has 1 aromatic rings. The predicted octanol–water partition coefficient (Wildman–Crippen LogP) is 1.89. The number of sulfonamides is 1. The molecule has 120 valence electrons. The molecule has 0 unspecified atom stereocenters. The average molecular weight is 313 g/mol. The lowest BCUT2D eigenvalue weighted by atomic mass is 10.1. The fourth-order valence-electron chi connectivity index (χ4n) is 1.88. The molecule has 0 aromatic heterocycles. The zero-order chi connectivity index (χ0) is 16.2. The van der Waals surface area contributed by atoms with Gasteiger partial charge in [0.2, 0.25) is 10.0 Å². The first-order valence-electron chi connectivity index (χ1n) is 7.21. The molecule has 0 heterocycles. The van der Waals surface area contributed by atoms with Gasteiger partial charge in [-0.2, -0.15) is 0 Å². The van der Waals surface area contributed by atoms with Crippen molar-refractivity contribution in [3.05, 3.63) is 23.3 Å². The van der Waals surface area contributed by atoms with Crippen LogP contribution in [0, 0.1) is 13.8 Å². The molecule has 0 spiro atoms. The summed E-state index contributed by atoms with van der Waals surface area (Å²) >= 11 is 0. The van der Waals surface area contributed by atoms with Crippen molar-refractivity contribution < 1.29 is 8.42 Å². The van der Waals surface area contributed by atoms with Crippen LogP contribution in [0.5, 0.6) is 0 Å². The summed E-state index contributed by atoms with van der Waals surface area (Å²) in [6.07, 6.45) is 0.772. The van der Waals surface area contributed by atoms with Crippen LogP contribution in [0.4, 0.5) is 5.69 Å². The fraction of sp³-hybridized carbons (Fsp3) is 0.600. The summed E-state index contributed by atoms with van der Waals surface area (Å²) in [4.78, 5) is 2.42. The quantitative estimate of drug-likeness (QED) is 0.595. The van der Waals surface area contributed by atoms with Gasteiger partial charge >= 0.3 is 0 Å². The number of rotatable bonds is 7. The van der Waals surface area contributed by atoms with Gasteiger partial charge in [0.1, 0.15) is 0 Å². The molecular weight excluding hydrogens is 286 g/mol. The summed E-state index contributed by atoms with van der Waals surface area (Å²) < 4.78 is 27.1. The summed E-state index contributed by atoms with van der Waals surface area (Å²) in [6.45, 7) is 9.25. The first-order valence-corrected chi connectivity index (χ1v) is 8.70. The number of nitrogen functional groups attached to an aromatic ring is 1. The highest BCUT2D eigenvalue weighted by atomic mass is 32.2. The maximum atomic E-state index is 12.2. The highest BCUT2D eigenvalue weighted by molar-refractivity contribution is 7.89. The van der Waals surface area contributed by atoms with E-state index in [1.54, 1.807) is 6.07 Å². The minimum absolute atomic E-state index is 0.236. The van der Waals surface area contributed by atoms with Gasteiger partial charge in [-0.05, 0) is 71.0 Å². The SMILES string of the molecule is Cc1cc(S(=O)(=O)NCCCN(C)C(C)C)cc(N)c1C. The molecule has 3 N–H and O–H groups in total. The van der Waals surface area contributed by atoms with Crippen LogP contribution in [0.1, 0.15) is 31.4 Å². The molecule has 0 atom stereocenters. The van der Waals surface area contributed by atoms with Crippen LogP contribution in [-0.4, -0.2) is 39.5 Å². The summed E-state index contributed by atoms with van der Waals surface area (Å²) in [5.41, 5.74) is 8.16. The fourth-order valence-corrected chi connectivity index (χ4v) is 3.08. The Morgan fingerprint density at radius 1 is 1.29 bits per heavy atom. The van der Waals surface area contributed by atoms with Crippen molar-refractivity contribution in [3.63, 3.8) is 0 Å². The van der Waals surface area contributed by atoms with Gasteiger partial charge in [-0.1, -0.05) is 0 Å². The lowest BCUT2D eigenvalue weighted by Gasteiger charge is -2.20. The Hall–Kier alpha value is -1.11. The zero-order valence-corrected chi connectivity index (χ0v) is 14.4. The maximum absolute atomic E-state index is 12.2. The van der Waals surface area contributed by atoms with Gasteiger partial charge in [0.25, 0.3) is 0 Å². The Bertz CT molecular complexity index is 560. The van der Waals surface area contributed by atoms with E-state index in [0.717, 1.165) is 24.1 Å². The third-order valence-electron chi connectivity index (χ3n) is 3.85.